The van der Waals surface area contributed by atoms with E-state index >= 15 is 0 Å². The molecule has 1 N–H and O–H groups in total. The van der Waals surface area contributed by atoms with Crippen molar-refractivity contribution in [1.82, 2.24) is 14.9 Å². The summed E-state index contributed by atoms with van der Waals surface area (Å²) in [7, 11) is 0. The Balaban J connectivity index is 1.64. The van der Waals surface area contributed by atoms with Crippen LogP contribution in [-0.4, -0.2) is 14.7 Å². The first kappa shape index (κ1) is 19.3. The van der Waals surface area contributed by atoms with Crippen LogP contribution in [0.5, 0.6) is 0 Å². The summed E-state index contributed by atoms with van der Waals surface area (Å²) >= 11 is 5.86. The van der Waals surface area contributed by atoms with Crippen LogP contribution in [0.2, 0.25) is 0 Å². The van der Waals surface area contributed by atoms with E-state index in [0.717, 1.165) is 22.9 Å². The zero-order valence-electron chi connectivity index (χ0n) is 17.8. The van der Waals surface area contributed by atoms with Crippen LogP contribution in [-0.2, 0) is 6.42 Å². The molecule has 5 heteroatoms. The van der Waals surface area contributed by atoms with Crippen molar-refractivity contribution in [3.8, 4) is 0 Å². The molecule has 1 saturated heterocycles. The van der Waals surface area contributed by atoms with E-state index in [1.807, 2.05) is 12.3 Å². The van der Waals surface area contributed by atoms with Gasteiger partial charge in [0, 0.05) is 29.3 Å². The number of nitrogens with zero attached hydrogens (tertiary/aromatic N) is 3. The van der Waals surface area contributed by atoms with Gasteiger partial charge in [0.2, 0.25) is 0 Å². The summed E-state index contributed by atoms with van der Waals surface area (Å²) < 4.78 is 2.52. The summed E-state index contributed by atoms with van der Waals surface area (Å²) in [6.45, 7) is 6.67. The Kier molecular flexibility index (Phi) is 4.86. The first-order valence-corrected chi connectivity index (χ1v) is 11.3. The Morgan fingerprint density at radius 3 is 2.50 bits per heavy atom. The third-order valence-electron chi connectivity index (χ3n) is 6.48. The number of nitrogens with one attached hydrogen (secondary N) is 1. The lowest BCUT2D eigenvalue weighted by Crippen LogP contribution is -2.29. The third kappa shape index (κ3) is 3.21. The van der Waals surface area contributed by atoms with Crippen LogP contribution >= 0.6 is 12.2 Å². The highest BCUT2D eigenvalue weighted by atomic mass is 32.1. The van der Waals surface area contributed by atoms with Gasteiger partial charge in [-0.25, -0.2) is 0 Å². The van der Waals surface area contributed by atoms with E-state index in [1.54, 1.807) is 0 Å². The minimum absolute atomic E-state index is 0.0118. The molecule has 4 nitrogen and oxygen atoms in total. The van der Waals surface area contributed by atoms with Crippen LogP contribution in [0.3, 0.4) is 0 Å². The van der Waals surface area contributed by atoms with Crippen LogP contribution < -0.4 is 10.2 Å². The van der Waals surface area contributed by atoms with Crippen molar-refractivity contribution in [3.05, 3.63) is 82.9 Å². The Morgan fingerprint density at radius 2 is 1.87 bits per heavy atom. The second-order valence-corrected chi connectivity index (χ2v) is 8.83. The van der Waals surface area contributed by atoms with E-state index < -0.39 is 0 Å². The van der Waals surface area contributed by atoms with Gasteiger partial charge in [-0.15, -0.1) is 0 Å². The molecule has 3 aromatic rings. The van der Waals surface area contributed by atoms with Gasteiger partial charge in [0.25, 0.3) is 0 Å². The molecule has 154 valence electrons. The summed E-state index contributed by atoms with van der Waals surface area (Å²) in [4.78, 5) is 6.96. The van der Waals surface area contributed by atoms with E-state index in [-0.39, 0.29) is 12.1 Å². The number of aryl methyl sites for hydroxylation is 2. The van der Waals surface area contributed by atoms with Crippen LogP contribution in [0.15, 0.2) is 54.7 Å². The van der Waals surface area contributed by atoms with Crippen molar-refractivity contribution in [2.75, 3.05) is 4.90 Å². The number of pyridine rings is 1. The summed E-state index contributed by atoms with van der Waals surface area (Å²) in [5.74, 6) is 0. The monoisotopic (exact) mass is 416 g/mol. The summed E-state index contributed by atoms with van der Waals surface area (Å²) in [6, 6.07) is 18.0. The van der Waals surface area contributed by atoms with Crippen molar-refractivity contribution in [2.24, 2.45) is 0 Å². The molecule has 2 fully saturated rings. The second-order valence-electron chi connectivity index (χ2n) is 8.44. The molecule has 0 amide bonds. The number of aromatic nitrogens is 2. The zero-order valence-corrected chi connectivity index (χ0v) is 18.6. The number of hydrogen-bond donors (Lipinski definition) is 1. The molecule has 2 atom stereocenters. The summed E-state index contributed by atoms with van der Waals surface area (Å²) in [5.41, 5.74) is 7.51. The smallest absolute Gasteiger partial charge is 0.174 e. The van der Waals surface area contributed by atoms with Crippen molar-refractivity contribution in [1.29, 1.82) is 0 Å². The minimum Gasteiger partial charge on any atom is -0.351 e. The van der Waals surface area contributed by atoms with Crippen LogP contribution in [0.4, 0.5) is 5.69 Å². The maximum Gasteiger partial charge on any atom is 0.174 e. The number of rotatable bonds is 5. The predicted octanol–water partition coefficient (Wildman–Crippen LogP) is 5.57. The van der Waals surface area contributed by atoms with E-state index in [0.29, 0.717) is 6.04 Å². The maximum absolute atomic E-state index is 5.86. The Morgan fingerprint density at radius 1 is 1.10 bits per heavy atom. The summed E-state index contributed by atoms with van der Waals surface area (Å²) in [5, 5.41) is 4.34. The average molecular weight is 417 g/mol. The molecule has 30 heavy (non-hydrogen) atoms. The van der Waals surface area contributed by atoms with Gasteiger partial charge in [-0.1, -0.05) is 25.1 Å². The summed E-state index contributed by atoms with van der Waals surface area (Å²) in [6.07, 6.45) is 5.46. The highest BCUT2D eigenvalue weighted by molar-refractivity contribution is 7.80. The Hall–Kier alpha value is -2.66. The maximum atomic E-state index is 5.86. The van der Waals surface area contributed by atoms with E-state index in [1.165, 1.54) is 35.4 Å². The molecule has 1 aromatic carbocycles. The van der Waals surface area contributed by atoms with Gasteiger partial charge in [0.1, 0.15) is 0 Å². The van der Waals surface area contributed by atoms with Gasteiger partial charge >= 0.3 is 0 Å². The van der Waals surface area contributed by atoms with Crippen LogP contribution in [0.25, 0.3) is 0 Å². The molecule has 0 unspecified atom stereocenters. The molecule has 0 spiro atoms. The van der Waals surface area contributed by atoms with Crippen molar-refractivity contribution < 1.29 is 0 Å². The molecule has 3 heterocycles. The predicted molar refractivity (Wildman–Crippen MR) is 126 cm³/mol. The van der Waals surface area contributed by atoms with Crippen LogP contribution in [0.1, 0.15) is 66.1 Å². The van der Waals surface area contributed by atoms with Crippen molar-refractivity contribution in [3.63, 3.8) is 0 Å². The topological polar surface area (TPSA) is 33.1 Å². The highest BCUT2D eigenvalue weighted by Gasteiger charge is 2.42. The lowest BCUT2D eigenvalue weighted by Gasteiger charge is -2.28. The fraction of sp³-hybridized carbons (Fsp3) is 0.360. The quantitative estimate of drug-likeness (QED) is 0.551. The number of benzene rings is 1. The molecule has 0 bridgehead atoms. The molecule has 1 aliphatic heterocycles. The minimum atomic E-state index is 0.0118. The number of anilines is 1. The first-order chi connectivity index (χ1) is 14.6. The van der Waals surface area contributed by atoms with Crippen molar-refractivity contribution >= 4 is 23.0 Å². The average Bonchev–Trinajstić information content (AvgIpc) is 3.48. The lowest BCUT2D eigenvalue weighted by molar-refractivity contribution is 0.562. The Labute approximate surface area is 183 Å². The van der Waals surface area contributed by atoms with Gasteiger partial charge in [0.15, 0.2) is 5.11 Å². The fourth-order valence-electron chi connectivity index (χ4n) is 4.84. The zero-order chi connectivity index (χ0) is 20.8. The largest absolute Gasteiger partial charge is 0.351 e. The van der Waals surface area contributed by atoms with E-state index in [9.17, 15) is 0 Å². The molecule has 5 rings (SSSR count). The SMILES string of the molecule is CCc1ccc(N2C(=S)N[C@@H](c3ccccn3)[C@@H]2c2cc(C)n(C3CC3)c2C)cc1. The number of hydrogen-bond acceptors (Lipinski definition) is 2. The standard InChI is InChI=1S/C25H28N4S/c1-4-18-8-10-20(11-9-18)29-24(21-15-16(2)28(17(21)3)19-12-13-19)23(27-25(29)30)22-7-5-6-14-26-22/h5-11,14-15,19,23-24H,4,12-13H2,1-3H3,(H,27,30)/t23-,24-/m0/s1. The van der Waals surface area contributed by atoms with E-state index in [4.69, 9.17) is 12.2 Å². The van der Waals surface area contributed by atoms with Crippen molar-refractivity contribution in [2.45, 2.75) is 58.2 Å². The molecule has 2 aliphatic rings. The molecular formula is C25H28N4S. The van der Waals surface area contributed by atoms with Gasteiger partial charge in [0.05, 0.1) is 17.8 Å². The van der Waals surface area contributed by atoms with Gasteiger partial charge in [-0.3, -0.25) is 4.98 Å². The normalized spacial score (nSPS) is 21.2. The molecule has 2 aromatic heterocycles. The third-order valence-corrected chi connectivity index (χ3v) is 6.79. The van der Waals surface area contributed by atoms with E-state index in [2.05, 4.69) is 83.0 Å². The van der Waals surface area contributed by atoms with Gasteiger partial charge in [-0.05, 0) is 86.8 Å². The highest BCUT2D eigenvalue weighted by Crippen LogP contribution is 2.46. The molecule has 1 saturated carbocycles. The molecule has 1 aliphatic carbocycles. The van der Waals surface area contributed by atoms with Gasteiger partial charge in [-0.2, -0.15) is 0 Å². The second kappa shape index (κ2) is 7.55. The van der Waals surface area contributed by atoms with Gasteiger partial charge < -0.3 is 14.8 Å². The number of thiocarbonyl (C=S) groups is 1. The van der Waals surface area contributed by atoms with Crippen LogP contribution in [0, 0.1) is 13.8 Å². The molecular weight excluding hydrogens is 388 g/mol. The Bertz CT molecular complexity index is 1070. The first-order valence-electron chi connectivity index (χ1n) is 10.9. The fourth-order valence-corrected chi connectivity index (χ4v) is 5.18. The lowest BCUT2D eigenvalue weighted by atomic mass is 9.96. The molecule has 0 radical (unpaired) electrons.